The van der Waals surface area contributed by atoms with Crippen molar-refractivity contribution in [1.29, 1.82) is 0 Å². The van der Waals surface area contributed by atoms with E-state index in [1.807, 2.05) is 42.5 Å². The molecule has 0 spiro atoms. The summed E-state index contributed by atoms with van der Waals surface area (Å²) in [5, 5.41) is 4.49. The molecule has 1 heterocycles. The third kappa shape index (κ3) is 4.21. The second-order valence-corrected chi connectivity index (χ2v) is 7.50. The molecule has 0 saturated heterocycles. The highest BCUT2D eigenvalue weighted by Gasteiger charge is 2.13. The average Bonchev–Trinajstić information content (AvgIpc) is 2.71. The molecule has 0 radical (unpaired) electrons. The second kappa shape index (κ2) is 8.15. The highest BCUT2D eigenvalue weighted by molar-refractivity contribution is 6.42. The lowest BCUT2D eigenvalue weighted by Crippen LogP contribution is -2.09. The molecule has 5 nitrogen and oxygen atoms in total. The van der Waals surface area contributed by atoms with Gasteiger partial charge in [-0.3, -0.25) is 0 Å². The second-order valence-electron chi connectivity index (χ2n) is 6.69. The van der Waals surface area contributed by atoms with E-state index >= 15 is 0 Å². The molecule has 4 rings (SSSR count). The molecule has 29 heavy (non-hydrogen) atoms. The number of nitrogens with one attached hydrogen (secondary N) is 1. The zero-order valence-electron chi connectivity index (χ0n) is 15.5. The molecule has 0 unspecified atom stereocenters. The number of rotatable bonds is 5. The fourth-order valence-electron chi connectivity index (χ4n) is 3.15. The summed E-state index contributed by atoms with van der Waals surface area (Å²) >= 11 is 12.1. The van der Waals surface area contributed by atoms with E-state index in [9.17, 15) is 0 Å². The molecule has 3 aromatic carbocycles. The van der Waals surface area contributed by atoms with Gasteiger partial charge in [0.1, 0.15) is 11.2 Å². The average molecular weight is 424 g/mol. The zero-order valence-corrected chi connectivity index (χ0v) is 17.0. The molecule has 0 aliphatic heterocycles. The van der Waals surface area contributed by atoms with Crippen LogP contribution in [0.5, 0.6) is 0 Å². The Bertz CT molecular complexity index is 1180. The lowest BCUT2D eigenvalue weighted by Gasteiger charge is -2.13. The summed E-state index contributed by atoms with van der Waals surface area (Å²) in [5.74, 6) is 0.675. The van der Waals surface area contributed by atoms with Gasteiger partial charge in [-0.2, -0.15) is 0 Å². The van der Waals surface area contributed by atoms with Crippen molar-refractivity contribution < 1.29 is 0 Å². The molecule has 0 saturated carbocycles. The van der Waals surface area contributed by atoms with Gasteiger partial charge in [-0.15, -0.1) is 0 Å². The minimum absolute atomic E-state index is 0.507. The minimum Gasteiger partial charge on any atom is -0.399 e. The van der Waals surface area contributed by atoms with E-state index < -0.39 is 0 Å². The molecule has 0 aliphatic carbocycles. The van der Waals surface area contributed by atoms with Gasteiger partial charge in [0, 0.05) is 17.8 Å². The van der Waals surface area contributed by atoms with Gasteiger partial charge >= 0.3 is 0 Å². The Morgan fingerprint density at radius 2 is 1.66 bits per heavy atom. The molecule has 7 heteroatoms. The first-order chi connectivity index (χ1) is 14.0. The number of hydrogen-bond acceptors (Lipinski definition) is 5. The van der Waals surface area contributed by atoms with Crippen LogP contribution in [0.3, 0.4) is 0 Å². The highest BCUT2D eigenvalue weighted by Crippen LogP contribution is 2.30. The number of anilines is 3. The van der Waals surface area contributed by atoms with Crippen LogP contribution in [-0.4, -0.2) is 16.5 Å². The number of nitrogen functional groups attached to an aromatic ring is 2. The van der Waals surface area contributed by atoms with Gasteiger partial charge in [0.25, 0.3) is 0 Å². The van der Waals surface area contributed by atoms with Gasteiger partial charge in [-0.1, -0.05) is 59.6 Å². The van der Waals surface area contributed by atoms with Crippen LogP contribution in [0.4, 0.5) is 17.2 Å². The summed E-state index contributed by atoms with van der Waals surface area (Å²) in [6.07, 6.45) is 0.754. The van der Waals surface area contributed by atoms with Crippen molar-refractivity contribution in [2.75, 3.05) is 23.3 Å². The third-order valence-electron chi connectivity index (χ3n) is 4.56. The van der Waals surface area contributed by atoms with Gasteiger partial charge in [0.05, 0.1) is 21.2 Å². The van der Waals surface area contributed by atoms with Crippen LogP contribution in [0.25, 0.3) is 22.3 Å². The van der Waals surface area contributed by atoms with Crippen molar-refractivity contribution >= 4 is 51.4 Å². The lowest BCUT2D eigenvalue weighted by molar-refractivity contribution is 1.01. The van der Waals surface area contributed by atoms with E-state index in [0.29, 0.717) is 44.8 Å². The zero-order chi connectivity index (χ0) is 20.4. The van der Waals surface area contributed by atoms with Crippen LogP contribution >= 0.6 is 23.2 Å². The summed E-state index contributed by atoms with van der Waals surface area (Å²) in [4.78, 5) is 9.55. The predicted octanol–water partition coefficient (Wildman–Crippen LogP) is 5.42. The van der Waals surface area contributed by atoms with E-state index in [1.54, 1.807) is 18.2 Å². The molecule has 0 aliphatic rings. The van der Waals surface area contributed by atoms with Gasteiger partial charge in [0.15, 0.2) is 5.82 Å². The smallest absolute Gasteiger partial charge is 0.153 e. The minimum atomic E-state index is 0.507. The third-order valence-corrected chi connectivity index (χ3v) is 5.30. The quantitative estimate of drug-likeness (QED) is 0.372. The summed E-state index contributed by atoms with van der Waals surface area (Å²) in [5.41, 5.74) is 17.2. The van der Waals surface area contributed by atoms with Gasteiger partial charge in [-0.25, -0.2) is 9.97 Å². The number of aromatic nitrogens is 2. The van der Waals surface area contributed by atoms with Crippen molar-refractivity contribution in [3.05, 3.63) is 76.3 Å². The number of halogens is 2. The van der Waals surface area contributed by atoms with Gasteiger partial charge < -0.3 is 16.8 Å². The SMILES string of the molecule is Nc1cc(N)c2nc(-c3ccccc3)c(NCCc3ccc(Cl)c(Cl)c3)nc2c1. The highest BCUT2D eigenvalue weighted by atomic mass is 35.5. The maximum absolute atomic E-state index is 6.13. The molecule has 5 N–H and O–H groups in total. The Balaban J connectivity index is 1.68. The number of nitrogens with zero attached hydrogens (tertiary/aromatic N) is 2. The molecule has 4 aromatic rings. The van der Waals surface area contributed by atoms with E-state index in [1.165, 1.54) is 0 Å². The van der Waals surface area contributed by atoms with Crippen molar-refractivity contribution in [1.82, 2.24) is 9.97 Å². The van der Waals surface area contributed by atoms with Gasteiger partial charge in [-0.05, 0) is 36.2 Å². The summed E-state index contributed by atoms with van der Waals surface area (Å²) in [6.45, 7) is 0.649. The monoisotopic (exact) mass is 423 g/mol. The number of benzene rings is 3. The van der Waals surface area contributed by atoms with Crippen LogP contribution in [0.15, 0.2) is 60.7 Å². The Morgan fingerprint density at radius 3 is 2.41 bits per heavy atom. The molecule has 146 valence electrons. The van der Waals surface area contributed by atoms with Gasteiger partial charge in [0.2, 0.25) is 0 Å². The first kappa shape index (κ1) is 19.3. The normalized spacial score (nSPS) is 11.0. The Morgan fingerprint density at radius 1 is 0.862 bits per heavy atom. The Hall–Kier alpha value is -3.02. The molecule has 0 amide bonds. The number of fused-ring (bicyclic) bond motifs is 1. The standard InChI is InChI=1S/C22H19Cl2N5/c23-16-7-6-13(10-17(16)24)8-9-27-22-20(14-4-2-1-3-5-14)29-21-18(26)11-15(25)12-19(21)28-22/h1-7,10-12H,8-9,25-26H2,(H,27,28). The van der Waals surface area contributed by atoms with Crippen LogP contribution < -0.4 is 16.8 Å². The largest absolute Gasteiger partial charge is 0.399 e. The molecule has 1 aromatic heterocycles. The lowest BCUT2D eigenvalue weighted by atomic mass is 10.1. The van der Waals surface area contributed by atoms with Crippen molar-refractivity contribution in [2.24, 2.45) is 0 Å². The van der Waals surface area contributed by atoms with E-state index in [-0.39, 0.29) is 0 Å². The van der Waals surface area contributed by atoms with Crippen LogP contribution in [0.2, 0.25) is 10.0 Å². The van der Waals surface area contributed by atoms with Crippen molar-refractivity contribution in [3.8, 4) is 11.3 Å². The fraction of sp³-hybridized carbons (Fsp3) is 0.0909. The molecule has 0 fully saturated rings. The first-order valence-corrected chi connectivity index (χ1v) is 9.87. The molecular formula is C22H19Cl2N5. The fourth-order valence-corrected chi connectivity index (χ4v) is 3.47. The Kier molecular flexibility index (Phi) is 5.43. The van der Waals surface area contributed by atoms with E-state index in [4.69, 9.17) is 44.6 Å². The van der Waals surface area contributed by atoms with Crippen LogP contribution in [0, 0.1) is 0 Å². The topological polar surface area (TPSA) is 89.9 Å². The van der Waals surface area contributed by atoms with Crippen molar-refractivity contribution in [3.63, 3.8) is 0 Å². The number of hydrogen-bond donors (Lipinski definition) is 3. The first-order valence-electron chi connectivity index (χ1n) is 9.11. The van der Waals surface area contributed by atoms with Crippen LogP contribution in [-0.2, 0) is 6.42 Å². The number of nitrogens with two attached hydrogens (primary N) is 2. The summed E-state index contributed by atoms with van der Waals surface area (Å²) < 4.78 is 0. The maximum Gasteiger partial charge on any atom is 0.153 e. The Labute approximate surface area is 178 Å². The summed E-state index contributed by atoms with van der Waals surface area (Å²) in [6, 6.07) is 19.0. The van der Waals surface area contributed by atoms with Crippen molar-refractivity contribution in [2.45, 2.75) is 6.42 Å². The summed E-state index contributed by atoms with van der Waals surface area (Å²) in [7, 11) is 0. The molecule has 0 bridgehead atoms. The van der Waals surface area contributed by atoms with E-state index in [0.717, 1.165) is 23.2 Å². The van der Waals surface area contributed by atoms with E-state index in [2.05, 4.69) is 5.32 Å². The molecular weight excluding hydrogens is 405 g/mol. The van der Waals surface area contributed by atoms with Crippen LogP contribution in [0.1, 0.15) is 5.56 Å². The molecule has 0 atom stereocenters. The maximum atomic E-state index is 6.13. The predicted molar refractivity (Wildman–Crippen MR) is 122 cm³/mol.